The summed E-state index contributed by atoms with van der Waals surface area (Å²) < 4.78 is 0. The third kappa shape index (κ3) is 2.75. The van der Waals surface area contributed by atoms with Gasteiger partial charge in [-0.3, -0.25) is 10.4 Å². The Bertz CT molecular complexity index is 461. The smallest absolute Gasteiger partial charge is 0.177 e. The average molecular weight is 259 g/mol. The van der Waals surface area contributed by atoms with Gasteiger partial charge in [0.2, 0.25) is 0 Å². The van der Waals surface area contributed by atoms with Crippen molar-refractivity contribution in [2.45, 2.75) is 31.7 Å². The Labute approximate surface area is 112 Å². The molecular formula is C14H17N3S. The Hall–Kier alpha value is -1.29. The van der Waals surface area contributed by atoms with Crippen molar-refractivity contribution in [3.8, 4) is 0 Å². The van der Waals surface area contributed by atoms with Crippen LogP contribution < -0.4 is 5.43 Å². The molecule has 0 saturated heterocycles. The van der Waals surface area contributed by atoms with Gasteiger partial charge >= 0.3 is 0 Å². The lowest BCUT2D eigenvalue weighted by Crippen LogP contribution is -2.26. The summed E-state index contributed by atoms with van der Waals surface area (Å²) in [5.41, 5.74) is 5.39. The number of hydrazone groups is 1. The van der Waals surface area contributed by atoms with E-state index in [4.69, 9.17) is 4.99 Å². The zero-order valence-corrected chi connectivity index (χ0v) is 11.1. The van der Waals surface area contributed by atoms with Crippen LogP contribution in [0.2, 0.25) is 0 Å². The molecule has 1 aliphatic carbocycles. The summed E-state index contributed by atoms with van der Waals surface area (Å²) in [6.07, 6.45) is 5.12. The zero-order chi connectivity index (χ0) is 12.2. The van der Waals surface area contributed by atoms with Gasteiger partial charge in [0.05, 0.1) is 11.8 Å². The molecule has 0 bridgehead atoms. The van der Waals surface area contributed by atoms with Gasteiger partial charge in [-0.05, 0) is 18.4 Å². The summed E-state index contributed by atoms with van der Waals surface area (Å²) in [6, 6.07) is 10.8. The number of benzene rings is 1. The second-order valence-corrected chi connectivity index (χ2v) is 5.66. The van der Waals surface area contributed by atoms with Gasteiger partial charge in [-0.25, -0.2) is 0 Å². The summed E-state index contributed by atoms with van der Waals surface area (Å²) in [5, 5.41) is 5.43. The minimum atomic E-state index is 0.522. The Kier molecular flexibility index (Phi) is 3.64. The lowest BCUT2D eigenvalue weighted by Gasteiger charge is -2.16. The van der Waals surface area contributed by atoms with E-state index in [2.05, 4.69) is 22.7 Å². The van der Waals surface area contributed by atoms with Gasteiger partial charge in [0.1, 0.15) is 0 Å². The Balaban J connectivity index is 1.67. The number of rotatable bonds is 2. The van der Waals surface area contributed by atoms with Crippen LogP contribution in [0.25, 0.3) is 0 Å². The van der Waals surface area contributed by atoms with Gasteiger partial charge in [-0.2, -0.15) is 5.10 Å². The van der Waals surface area contributed by atoms with Crippen LogP contribution in [0.5, 0.6) is 0 Å². The second-order valence-electron chi connectivity index (χ2n) is 4.70. The van der Waals surface area contributed by atoms with Crippen LogP contribution in [-0.2, 0) is 0 Å². The molecule has 4 heteroatoms. The lowest BCUT2D eigenvalue weighted by molar-refractivity contribution is 0.703. The Morgan fingerprint density at radius 1 is 1.17 bits per heavy atom. The third-order valence-corrected chi connectivity index (χ3v) is 4.25. The SMILES string of the molecule is c1ccc(C2=NNC(=NC3CCCC3)SC2)cc1. The maximum absolute atomic E-state index is 4.72. The molecule has 18 heavy (non-hydrogen) atoms. The summed E-state index contributed by atoms with van der Waals surface area (Å²) >= 11 is 1.76. The van der Waals surface area contributed by atoms with Crippen molar-refractivity contribution in [2.24, 2.45) is 10.1 Å². The lowest BCUT2D eigenvalue weighted by atomic mass is 10.1. The fraction of sp³-hybridized carbons (Fsp3) is 0.429. The molecule has 1 heterocycles. The van der Waals surface area contributed by atoms with E-state index in [9.17, 15) is 0 Å². The molecule has 0 unspecified atom stereocenters. The van der Waals surface area contributed by atoms with E-state index in [0.717, 1.165) is 16.6 Å². The van der Waals surface area contributed by atoms with E-state index in [0.29, 0.717) is 6.04 Å². The number of thioether (sulfide) groups is 1. The first-order chi connectivity index (χ1) is 8.92. The van der Waals surface area contributed by atoms with Crippen LogP contribution in [0.15, 0.2) is 40.4 Å². The normalized spacial score (nSPS) is 22.9. The first-order valence-corrected chi connectivity index (χ1v) is 7.49. The molecule has 1 aromatic rings. The number of nitrogens with zero attached hydrogens (tertiary/aromatic N) is 2. The number of aliphatic imine (C=N–C) groups is 1. The molecule has 1 N–H and O–H groups in total. The Morgan fingerprint density at radius 2 is 1.94 bits per heavy atom. The minimum Gasteiger partial charge on any atom is -0.258 e. The van der Waals surface area contributed by atoms with Crippen LogP contribution in [-0.4, -0.2) is 22.7 Å². The number of amidine groups is 1. The quantitative estimate of drug-likeness (QED) is 0.886. The molecular weight excluding hydrogens is 242 g/mol. The fourth-order valence-electron chi connectivity index (χ4n) is 2.36. The van der Waals surface area contributed by atoms with E-state index in [-0.39, 0.29) is 0 Å². The molecule has 0 spiro atoms. The summed E-state index contributed by atoms with van der Waals surface area (Å²) in [4.78, 5) is 4.72. The Morgan fingerprint density at radius 3 is 2.61 bits per heavy atom. The van der Waals surface area contributed by atoms with Crippen molar-refractivity contribution in [3.63, 3.8) is 0 Å². The number of nitrogens with one attached hydrogen (secondary N) is 1. The predicted octanol–water partition coefficient (Wildman–Crippen LogP) is 3.03. The molecule has 0 radical (unpaired) electrons. The highest BCUT2D eigenvalue weighted by Gasteiger charge is 2.17. The summed E-state index contributed by atoms with van der Waals surface area (Å²) in [6.45, 7) is 0. The largest absolute Gasteiger partial charge is 0.258 e. The van der Waals surface area contributed by atoms with Gasteiger partial charge in [0.25, 0.3) is 0 Å². The molecule has 0 amide bonds. The van der Waals surface area contributed by atoms with Crippen molar-refractivity contribution in [3.05, 3.63) is 35.9 Å². The van der Waals surface area contributed by atoms with Crippen LogP contribution >= 0.6 is 11.8 Å². The van der Waals surface area contributed by atoms with Crippen molar-refractivity contribution in [2.75, 3.05) is 5.75 Å². The third-order valence-electron chi connectivity index (χ3n) is 3.36. The van der Waals surface area contributed by atoms with Gasteiger partial charge in [0.15, 0.2) is 5.17 Å². The molecule has 1 aromatic carbocycles. The molecule has 1 saturated carbocycles. The van der Waals surface area contributed by atoms with Crippen LogP contribution in [0.1, 0.15) is 31.2 Å². The summed E-state index contributed by atoms with van der Waals surface area (Å²) in [5.74, 6) is 0.905. The number of hydrogen-bond donors (Lipinski definition) is 1. The summed E-state index contributed by atoms with van der Waals surface area (Å²) in [7, 11) is 0. The van der Waals surface area contributed by atoms with E-state index < -0.39 is 0 Å². The van der Waals surface area contributed by atoms with E-state index in [1.54, 1.807) is 11.8 Å². The van der Waals surface area contributed by atoms with Gasteiger partial charge in [0, 0.05) is 5.75 Å². The average Bonchev–Trinajstić information content (AvgIpc) is 2.94. The van der Waals surface area contributed by atoms with Crippen LogP contribution in [0.3, 0.4) is 0 Å². The minimum absolute atomic E-state index is 0.522. The molecule has 1 fully saturated rings. The molecule has 94 valence electrons. The van der Waals surface area contributed by atoms with E-state index in [1.165, 1.54) is 31.2 Å². The fourth-order valence-corrected chi connectivity index (χ4v) is 3.20. The molecule has 0 atom stereocenters. The highest BCUT2D eigenvalue weighted by atomic mass is 32.2. The maximum atomic E-state index is 4.72. The highest BCUT2D eigenvalue weighted by Crippen LogP contribution is 2.23. The second kappa shape index (κ2) is 5.57. The van der Waals surface area contributed by atoms with E-state index >= 15 is 0 Å². The maximum Gasteiger partial charge on any atom is 0.177 e. The van der Waals surface area contributed by atoms with E-state index in [1.807, 2.05) is 18.2 Å². The molecule has 1 aliphatic heterocycles. The van der Waals surface area contributed by atoms with Gasteiger partial charge in [-0.1, -0.05) is 54.9 Å². The molecule has 3 rings (SSSR count). The number of hydrogen-bond acceptors (Lipinski definition) is 3. The highest BCUT2D eigenvalue weighted by molar-refractivity contribution is 8.14. The first kappa shape index (κ1) is 11.8. The van der Waals surface area contributed by atoms with Gasteiger partial charge < -0.3 is 0 Å². The van der Waals surface area contributed by atoms with Crippen molar-refractivity contribution in [1.82, 2.24) is 5.43 Å². The molecule has 0 aromatic heterocycles. The van der Waals surface area contributed by atoms with Crippen LogP contribution in [0.4, 0.5) is 0 Å². The first-order valence-electron chi connectivity index (χ1n) is 6.50. The molecule has 2 aliphatic rings. The van der Waals surface area contributed by atoms with Crippen molar-refractivity contribution < 1.29 is 0 Å². The topological polar surface area (TPSA) is 36.8 Å². The standard InChI is InChI=1S/C14H17N3S/c1-2-6-11(7-3-1)13-10-18-14(17-16-13)15-12-8-4-5-9-12/h1-3,6-7,12H,4-5,8-10H2,(H,15,17). The monoisotopic (exact) mass is 259 g/mol. The van der Waals surface area contributed by atoms with Crippen LogP contribution in [0, 0.1) is 0 Å². The zero-order valence-electron chi connectivity index (χ0n) is 10.3. The molecule has 3 nitrogen and oxygen atoms in total. The predicted molar refractivity (Wildman–Crippen MR) is 78.3 cm³/mol. The van der Waals surface area contributed by atoms with Crippen molar-refractivity contribution in [1.29, 1.82) is 0 Å². The van der Waals surface area contributed by atoms with Crippen molar-refractivity contribution >= 4 is 22.6 Å². The van der Waals surface area contributed by atoms with Gasteiger partial charge in [-0.15, -0.1) is 0 Å².